The Labute approximate surface area is 98.0 Å². The predicted octanol–water partition coefficient (Wildman–Crippen LogP) is 4.21. The summed E-state index contributed by atoms with van der Waals surface area (Å²) in [6.07, 6.45) is 3.79. The van der Waals surface area contributed by atoms with Crippen LogP contribution in [0.2, 0.25) is 0 Å². The second kappa shape index (κ2) is 7.77. The molecular formula is C13H21NS. The van der Waals surface area contributed by atoms with E-state index in [1.165, 1.54) is 37.2 Å². The van der Waals surface area contributed by atoms with E-state index in [9.17, 15) is 0 Å². The van der Waals surface area contributed by atoms with Gasteiger partial charge in [0.05, 0.1) is 0 Å². The molecule has 0 radical (unpaired) electrons. The summed E-state index contributed by atoms with van der Waals surface area (Å²) >= 11 is 1.89. The highest BCUT2D eigenvalue weighted by atomic mass is 32.2. The van der Waals surface area contributed by atoms with Gasteiger partial charge in [-0.25, -0.2) is 4.31 Å². The number of benzene rings is 1. The normalized spacial score (nSPS) is 10.9. The summed E-state index contributed by atoms with van der Waals surface area (Å²) in [4.78, 5) is 1.35. The van der Waals surface area contributed by atoms with Crippen LogP contribution in [0.3, 0.4) is 0 Å². The minimum Gasteiger partial charge on any atom is -0.246 e. The highest BCUT2D eigenvalue weighted by Gasteiger charge is 2.04. The lowest BCUT2D eigenvalue weighted by atomic mass is 10.3. The zero-order valence-electron chi connectivity index (χ0n) is 9.78. The van der Waals surface area contributed by atoms with E-state index in [-0.39, 0.29) is 0 Å². The van der Waals surface area contributed by atoms with E-state index >= 15 is 0 Å². The highest BCUT2D eigenvalue weighted by Crippen LogP contribution is 2.22. The number of hydrogen-bond acceptors (Lipinski definition) is 2. The molecule has 0 spiro atoms. The molecule has 1 nitrogen and oxygen atoms in total. The Morgan fingerprint density at radius 3 is 2.33 bits per heavy atom. The van der Waals surface area contributed by atoms with Crippen molar-refractivity contribution < 1.29 is 0 Å². The number of nitrogens with zero attached hydrogens (tertiary/aromatic N) is 1. The maximum Gasteiger partial charge on any atom is 0.0230 e. The second-order valence-corrected chi connectivity index (χ2v) is 4.86. The summed E-state index contributed by atoms with van der Waals surface area (Å²) in [6.45, 7) is 6.87. The topological polar surface area (TPSA) is 3.24 Å². The van der Waals surface area contributed by atoms with E-state index < -0.39 is 0 Å². The molecule has 1 aromatic rings. The van der Waals surface area contributed by atoms with E-state index in [2.05, 4.69) is 48.5 Å². The zero-order valence-corrected chi connectivity index (χ0v) is 10.6. The van der Waals surface area contributed by atoms with Crippen molar-refractivity contribution in [1.82, 2.24) is 4.31 Å². The van der Waals surface area contributed by atoms with E-state index in [0.717, 1.165) is 0 Å². The molecule has 0 unspecified atom stereocenters. The van der Waals surface area contributed by atoms with Crippen LogP contribution in [0.15, 0.2) is 35.2 Å². The minimum atomic E-state index is 1.18. The fourth-order valence-electron chi connectivity index (χ4n) is 1.42. The van der Waals surface area contributed by atoms with Crippen molar-refractivity contribution in [2.24, 2.45) is 0 Å². The summed E-state index contributed by atoms with van der Waals surface area (Å²) in [5.41, 5.74) is 0. The predicted molar refractivity (Wildman–Crippen MR) is 69.1 cm³/mol. The van der Waals surface area contributed by atoms with Crippen LogP contribution in [0.25, 0.3) is 0 Å². The van der Waals surface area contributed by atoms with Gasteiger partial charge in [0.1, 0.15) is 0 Å². The maximum atomic E-state index is 2.47. The molecule has 0 bridgehead atoms. The molecule has 0 aliphatic rings. The number of hydrogen-bond donors (Lipinski definition) is 0. The summed E-state index contributed by atoms with van der Waals surface area (Å²) in [5.74, 6) is 0. The van der Waals surface area contributed by atoms with Gasteiger partial charge in [-0.1, -0.05) is 38.5 Å². The monoisotopic (exact) mass is 223 g/mol. The lowest BCUT2D eigenvalue weighted by Crippen LogP contribution is -2.17. The fraction of sp³-hybridized carbons (Fsp3) is 0.538. The molecule has 0 aliphatic heterocycles. The van der Waals surface area contributed by atoms with Crippen molar-refractivity contribution in [3.63, 3.8) is 0 Å². The van der Waals surface area contributed by atoms with Crippen molar-refractivity contribution in [3.8, 4) is 0 Å². The Morgan fingerprint density at radius 2 is 1.73 bits per heavy atom. The molecule has 1 aromatic carbocycles. The number of rotatable bonds is 7. The van der Waals surface area contributed by atoms with Crippen molar-refractivity contribution in [1.29, 1.82) is 0 Å². The standard InChI is InChI=1S/C13H21NS/c1-3-5-12-14(11-4-2)15-13-9-7-6-8-10-13/h6-10H,3-5,11-12H2,1-2H3. The molecule has 0 atom stereocenters. The van der Waals surface area contributed by atoms with E-state index in [0.29, 0.717) is 0 Å². The van der Waals surface area contributed by atoms with Gasteiger partial charge in [0.15, 0.2) is 0 Å². The van der Waals surface area contributed by atoms with Crippen LogP contribution in [0.1, 0.15) is 33.1 Å². The maximum absolute atomic E-state index is 2.47. The molecule has 84 valence electrons. The molecule has 0 saturated carbocycles. The molecule has 1 rings (SSSR count). The van der Waals surface area contributed by atoms with E-state index in [1.807, 2.05) is 11.9 Å². The molecule has 0 saturated heterocycles. The third-order valence-electron chi connectivity index (χ3n) is 2.21. The Bertz CT molecular complexity index is 248. The van der Waals surface area contributed by atoms with Gasteiger partial charge >= 0.3 is 0 Å². The molecule has 0 aliphatic carbocycles. The van der Waals surface area contributed by atoms with Crippen molar-refractivity contribution in [3.05, 3.63) is 30.3 Å². The lowest BCUT2D eigenvalue weighted by Gasteiger charge is -2.19. The third-order valence-corrected chi connectivity index (χ3v) is 3.32. The Kier molecular flexibility index (Phi) is 6.53. The summed E-state index contributed by atoms with van der Waals surface area (Å²) < 4.78 is 2.47. The average Bonchev–Trinajstić information content (AvgIpc) is 2.28. The lowest BCUT2D eigenvalue weighted by molar-refractivity contribution is 0.455. The summed E-state index contributed by atoms with van der Waals surface area (Å²) in [5, 5.41) is 0. The van der Waals surface area contributed by atoms with Gasteiger partial charge in [-0.3, -0.25) is 0 Å². The molecule has 2 heteroatoms. The second-order valence-electron chi connectivity index (χ2n) is 3.69. The molecular weight excluding hydrogens is 202 g/mol. The van der Waals surface area contributed by atoms with Gasteiger partial charge in [0.2, 0.25) is 0 Å². The average molecular weight is 223 g/mol. The van der Waals surface area contributed by atoms with Crippen LogP contribution < -0.4 is 0 Å². The van der Waals surface area contributed by atoms with E-state index in [1.54, 1.807) is 0 Å². The van der Waals surface area contributed by atoms with Gasteiger partial charge in [-0.05, 0) is 36.9 Å². The first-order valence-corrected chi connectivity index (χ1v) is 6.62. The van der Waals surface area contributed by atoms with Crippen LogP contribution in [0.4, 0.5) is 0 Å². The molecule has 0 heterocycles. The van der Waals surface area contributed by atoms with Crippen molar-refractivity contribution in [2.45, 2.75) is 38.0 Å². The molecule has 0 fully saturated rings. The van der Waals surface area contributed by atoms with E-state index in [4.69, 9.17) is 0 Å². The van der Waals surface area contributed by atoms with Gasteiger partial charge in [0.25, 0.3) is 0 Å². The Balaban J connectivity index is 2.43. The first kappa shape index (κ1) is 12.6. The largest absolute Gasteiger partial charge is 0.246 e. The molecule has 0 N–H and O–H groups in total. The molecule has 0 amide bonds. The van der Waals surface area contributed by atoms with Crippen LogP contribution in [-0.2, 0) is 0 Å². The highest BCUT2D eigenvalue weighted by molar-refractivity contribution is 7.97. The smallest absolute Gasteiger partial charge is 0.0230 e. The Hall–Kier alpha value is -0.470. The summed E-state index contributed by atoms with van der Waals surface area (Å²) in [6, 6.07) is 10.6. The quantitative estimate of drug-likeness (QED) is 0.637. The van der Waals surface area contributed by atoms with Crippen LogP contribution in [0, 0.1) is 0 Å². The summed E-state index contributed by atoms with van der Waals surface area (Å²) in [7, 11) is 0. The fourth-order valence-corrected chi connectivity index (χ4v) is 2.49. The first-order valence-electron chi connectivity index (χ1n) is 5.84. The van der Waals surface area contributed by atoms with Crippen LogP contribution in [0.5, 0.6) is 0 Å². The zero-order chi connectivity index (χ0) is 10.9. The van der Waals surface area contributed by atoms with Crippen LogP contribution >= 0.6 is 11.9 Å². The molecule has 0 aromatic heterocycles. The third kappa shape index (κ3) is 5.24. The van der Waals surface area contributed by atoms with Crippen LogP contribution in [-0.4, -0.2) is 17.4 Å². The SMILES string of the molecule is CCCCN(CCC)Sc1ccccc1. The Morgan fingerprint density at radius 1 is 1.00 bits per heavy atom. The van der Waals surface area contributed by atoms with Gasteiger partial charge in [-0.15, -0.1) is 0 Å². The minimum absolute atomic E-state index is 1.18. The van der Waals surface area contributed by atoms with Crippen molar-refractivity contribution >= 4 is 11.9 Å². The number of unbranched alkanes of at least 4 members (excludes halogenated alkanes) is 1. The first-order chi connectivity index (χ1) is 7.36. The van der Waals surface area contributed by atoms with Gasteiger partial charge in [-0.2, -0.15) is 0 Å². The van der Waals surface area contributed by atoms with Crippen molar-refractivity contribution in [2.75, 3.05) is 13.1 Å². The van der Waals surface area contributed by atoms with Gasteiger partial charge in [0, 0.05) is 18.0 Å². The molecule has 15 heavy (non-hydrogen) atoms. The van der Waals surface area contributed by atoms with Gasteiger partial charge < -0.3 is 0 Å².